The molecule has 5 N–H and O–H groups in total. The van der Waals surface area contributed by atoms with Gasteiger partial charge in [-0.25, -0.2) is 16.8 Å². The number of rotatable bonds is 2. The quantitative estimate of drug-likeness (QED) is 0.401. The normalized spacial score (nSPS) is 15.6. The molecule has 9 nitrogen and oxygen atoms in total. The van der Waals surface area contributed by atoms with Gasteiger partial charge in [-0.2, -0.15) is 8.42 Å². The summed E-state index contributed by atoms with van der Waals surface area (Å²) in [5, 5.41) is 0. The second-order valence-corrected chi connectivity index (χ2v) is 10.8. The van der Waals surface area contributed by atoms with Crippen molar-refractivity contribution >= 4 is 41.2 Å². The molecule has 0 fully saturated rings. The van der Waals surface area contributed by atoms with Gasteiger partial charge in [0.05, 0.1) is 26.1 Å². The van der Waals surface area contributed by atoms with E-state index in [1.54, 1.807) is 0 Å². The Kier molecular flexibility index (Phi) is 3.49. The van der Waals surface area contributed by atoms with Crippen LogP contribution in [0.3, 0.4) is 0 Å². The Balaban J connectivity index is 2.49. The first-order valence-corrected chi connectivity index (χ1v) is 11.4. The third-order valence-corrected chi connectivity index (χ3v) is 7.67. The maximum atomic E-state index is 12.6. The summed E-state index contributed by atoms with van der Waals surface area (Å²) in [5.41, 5.74) is 10.4. The summed E-state index contributed by atoms with van der Waals surface area (Å²) in [6.45, 7) is 0. The average molecular weight is 404 g/mol. The predicted octanol–water partition coefficient (Wildman–Crippen LogP) is 0.314. The molecule has 134 valence electrons. The molecule has 1 aliphatic heterocycles. The SMILES string of the molecule is CS(=O)(=O)c1cc2c(cc1N)S(=O)(=O)c1cc(N)c(S(=O)(=O)O)cc1-2. The molecule has 0 saturated carbocycles. The fourth-order valence-electron chi connectivity index (χ4n) is 2.68. The minimum atomic E-state index is -4.70. The van der Waals surface area contributed by atoms with E-state index in [9.17, 15) is 29.8 Å². The van der Waals surface area contributed by atoms with E-state index in [1.165, 1.54) is 0 Å². The van der Waals surface area contributed by atoms with Crippen LogP contribution in [0.25, 0.3) is 11.1 Å². The Morgan fingerprint density at radius 3 is 1.64 bits per heavy atom. The highest BCUT2D eigenvalue weighted by Crippen LogP contribution is 2.47. The number of sulfone groups is 2. The first kappa shape index (κ1) is 17.7. The maximum Gasteiger partial charge on any atom is 0.296 e. The zero-order valence-corrected chi connectivity index (χ0v) is 15.0. The summed E-state index contributed by atoms with van der Waals surface area (Å²) < 4.78 is 81.0. The van der Waals surface area contributed by atoms with Crippen LogP contribution in [0.5, 0.6) is 0 Å². The predicted molar refractivity (Wildman–Crippen MR) is 89.1 cm³/mol. The number of anilines is 2. The van der Waals surface area contributed by atoms with E-state index in [0.29, 0.717) is 0 Å². The monoisotopic (exact) mass is 404 g/mol. The Morgan fingerprint density at radius 2 is 1.24 bits per heavy atom. The van der Waals surface area contributed by atoms with Crippen molar-refractivity contribution in [3.63, 3.8) is 0 Å². The van der Waals surface area contributed by atoms with Crippen molar-refractivity contribution in [2.45, 2.75) is 19.6 Å². The van der Waals surface area contributed by atoms with Gasteiger partial charge < -0.3 is 11.5 Å². The van der Waals surface area contributed by atoms with Gasteiger partial charge in [0, 0.05) is 17.4 Å². The Bertz CT molecular complexity index is 1170. The highest BCUT2D eigenvalue weighted by molar-refractivity contribution is 7.92. The highest BCUT2D eigenvalue weighted by atomic mass is 32.2. The Labute approximate surface area is 143 Å². The number of hydrogen-bond acceptors (Lipinski definition) is 8. The largest absolute Gasteiger partial charge is 0.398 e. The molecule has 0 aromatic heterocycles. The van der Waals surface area contributed by atoms with E-state index in [1.807, 2.05) is 0 Å². The molecular weight excluding hydrogens is 392 g/mol. The topological polar surface area (TPSA) is 175 Å². The smallest absolute Gasteiger partial charge is 0.296 e. The Hall–Kier alpha value is -2.15. The molecular formula is C13H12N2O7S3. The van der Waals surface area contributed by atoms with Gasteiger partial charge in [0.2, 0.25) is 9.84 Å². The number of fused-ring (bicyclic) bond motifs is 3. The lowest BCUT2D eigenvalue weighted by Gasteiger charge is -2.08. The number of nitrogen functional groups attached to an aromatic ring is 2. The third-order valence-electron chi connectivity index (χ3n) is 3.77. The molecule has 3 rings (SSSR count). The second-order valence-electron chi connectivity index (χ2n) is 5.52. The average Bonchev–Trinajstić information content (AvgIpc) is 2.63. The van der Waals surface area contributed by atoms with Gasteiger partial charge in [-0.05, 0) is 24.3 Å². The first-order valence-electron chi connectivity index (χ1n) is 6.54. The fraction of sp³-hybridized carbons (Fsp3) is 0.0769. The van der Waals surface area contributed by atoms with E-state index < -0.39 is 40.4 Å². The van der Waals surface area contributed by atoms with Gasteiger partial charge in [-0.1, -0.05) is 0 Å². The van der Waals surface area contributed by atoms with Crippen LogP contribution in [0.15, 0.2) is 43.8 Å². The van der Waals surface area contributed by atoms with E-state index >= 15 is 0 Å². The van der Waals surface area contributed by atoms with Crippen LogP contribution in [0.1, 0.15) is 0 Å². The van der Waals surface area contributed by atoms with E-state index in [2.05, 4.69) is 0 Å². The Morgan fingerprint density at radius 1 is 0.840 bits per heavy atom. The molecule has 0 saturated heterocycles. The molecule has 0 atom stereocenters. The van der Waals surface area contributed by atoms with E-state index in [-0.39, 0.29) is 31.5 Å². The molecule has 0 spiro atoms. The summed E-state index contributed by atoms with van der Waals surface area (Å²) in [5.74, 6) is 0. The van der Waals surface area contributed by atoms with Crippen molar-refractivity contribution in [3.8, 4) is 11.1 Å². The lowest BCUT2D eigenvalue weighted by molar-refractivity contribution is 0.483. The second kappa shape index (κ2) is 4.94. The lowest BCUT2D eigenvalue weighted by atomic mass is 10.1. The molecule has 2 aromatic rings. The minimum Gasteiger partial charge on any atom is -0.398 e. The summed E-state index contributed by atoms with van der Waals surface area (Å²) in [6.07, 6.45) is 0.905. The molecule has 2 aromatic carbocycles. The van der Waals surface area contributed by atoms with Crippen molar-refractivity contribution < 1.29 is 29.8 Å². The van der Waals surface area contributed by atoms with Gasteiger partial charge in [-0.15, -0.1) is 0 Å². The third kappa shape index (κ3) is 2.57. The van der Waals surface area contributed by atoms with Crippen LogP contribution in [0, 0.1) is 0 Å². The first-order chi connectivity index (χ1) is 11.2. The fourth-order valence-corrected chi connectivity index (χ4v) is 5.84. The molecule has 1 aliphatic rings. The number of hydrogen-bond donors (Lipinski definition) is 3. The van der Waals surface area contributed by atoms with Crippen LogP contribution in [-0.2, 0) is 29.8 Å². The summed E-state index contributed by atoms with van der Waals surface area (Å²) in [4.78, 5) is -1.52. The van der Waals surface area contributed by atoms with Crippen LogP contribution >= 0.6 is 0 Å². The van der Waals surface area contributed by atoms with Gasteiger partial charge in [0.25, 0.3) is 10.1 Å². The van der Waals surface area contributed by atoms with Crippen LogP contribution in [0.2, 0.25) is 0 Å². The van der Waals surface area contributed by atoms with Crippen LogP contribution in [0.4, 0.5) is 11.4 Å². The van der Waals surface area contributed by atoms with Gasteiger partial charge in [-0.3, -0.25) is 4.55 Å². The molecule has 25 heavy (non-hydrogen) atoms. The van der Waals surface area contributed by atoms with Crippen molar-refractivity contribution in [1.82, 2.24) is 0 Å². The molecule has 0 bridgehead atoms. The zero-order chi connectivity index (χ0) is 18.9. The molecule has 12 heteroatoms. The number of nitrogens with two attached hydrogens (primary N) is 2. The lowest BCUT2D eigenvalue weighted by Crippen LogP contribution is -2.05. The molecule has 0 aliphatic carbocycles. The molecule has 0 unspecified atom stereocenters. The van der Waals surface area contributed by atoms with Crippen molar-refractivity contribution in [2.24, 2.45) is 0 Å². The van der Waals surface area contributed by atoms with E-state index in [0.717, 1.165) is 30.5 Å². The van der Waals surface area contributed by atoms with Gasteiger partial charge >= 0.3 is 0 Å². The number of benzene rings is 2. The summed E-state index contributed by atoms with van der Waals surface area (Å²) in [7, 11) is -12.5. The zero-order valence-electron chi connectivity index (χ0n) is 12.6. The molecule has 0 radical (unpaired) electrons. The van der Waals surface area contributed by atoms with Crippen LogP contribution < -0.4 is 11.5 Å². The molecule has 1 heterocycles. The minimum absolute atomic E-state index is 0.0328. The van der Waals surface area contributed by atoms with Gasteiger partial charge in [0.1, 0.15) is 4.90 Å². The highest BCUT2D eigenvalue weighted by Gasteiger charge is 2.36. The maximum absolute atomic E-state index is 12.6. The summed E-state index contributed by atoms with van der Waals surface area (Å²) in [6, 6.07) is 3.87. The molecule has 0 amide bonds. The van der Waals surface area contributed by atoms with Crippen LogP contribution in [-0.4, -0.2) is 36.1 Å². The van der Waals surface area contributed by atoms with Gasteiger partial charge in [0.15, 0.2) is 9.84 Å². The van der Waals surface area contributed by atoms with Crippen molar-refractivity contribution in [3.05, 3.63) is 24.3 Å². The standard InChI is InChI=1S/C13H12N2O7S3/c1-23(16,17)12-2-6-7-3-13(25(20,21)22)9(15)5-11(7)24(18,19)10(6)4-8(12)14/h2-5H,14-15H2,1H3,(H,20,21,22). The van der Waals surface area contributed by atoms with Crippen molar-refractivity contribution in [1.29, 1.82) is 0 Å². The summed E-state index contributed by atoms with van der Waals surface area (Å²) >= 11 is 0. The van der Waals surface area contributed by atoms with E-state index in [4.69, 9.17) is 11.5 Å². The van der Waals surface area contributed by atoms with Crippen molar-refractivity contribution in [2.75, 3.05) is 17.7 Å².